The smallest absolute Gasteiger partial charge is 0.0490 e. The van der Waals surface area contributed by atoms with E-state index in [-0.39, 0.29) is 5.41 Å². The zero-order valence-electron chi connectivity index (χ0n) is 9.10. The molecule has 1 aliphatic carbocycles. The molecule has 82 valence electrons. The zero-order chi connectivity index (χ0) is 9.86. The van der Waals surface area contributed by atoms with Crippen molar-refractivity contribution in [1.29, 1.82) is 0 Å². The summed E-state index contributed by atoms with van der Waals surface area (Å²) in [4.78, 5) is 0. The largest absolute Gasteiger partial charge is 0.396 e. The fourth-order valence-electron chi connectivity index (χ4n) is 3.33. The first-order valence-corrected chi connectivity index (χ1v) is 6.19. The van der Waals surface area contributed by atoms with Crippen molar-refractivity contribution in [2.45, 2.75) is 44.9 Å². The van der Waals surface area contributed by atoms with Gasteiger partial charge in [0.25, 0.3) is 0 Å². The molecule has 1 saturated heterocycles. The summed E-state index contributed by atoms with van der Waals surface area (Å²) in [5.41, 5.74) is 0.283. The van der Waals surface area contributed by atoms with Crippen LogP contribution in [0.5, 0.6) is 0 Å². The number of aliphatic hydroxyl groups is 1. The van der Waals surface area contributed by atoms with E-state index in [9.17, 15) is 5.11 Å². The van der Waals surface area contributed by atoms with Gasteiger partial charge in [-0.3, -0.25) is 0 Å². The molecule has 0 bridgehead atoms. The molecule has 2 N–H and O–H groups in total. The summed E-state index contributed by atoms with van der Waals surface area (Å²) in [5, 5.41) is 13.1. The number of nitrogens with one attached hydrogen (secondary N) is 1. The van der Waals surface area contributed by atoms with E-state index in [0.717, 1.165) is 12.5 Å². The summed E-state index contributed by atoms with van der Waals surface area (Å²) < 4.78 is 0. The van der Waals surface area contributed by atoms with Crippen LogP contribution in [0.25, 0.3) is 0 Å². The fraction of sp³-hybridized carbons (Fsp3) is 1.00. The van der Waals surface area contributed by atoms with E-state index >= 15 is 0 Å². The van der Waals surface area contributed by atoms with Crippen molar-refractivity contribution in [3.8, 4) is 0 Å². The molecule has 0 amide bonds. The number of piperidine rings is 1. The van der Waals surface area contributed by atoms with Crippen LogP contribution < -0.4 is 5.32 Å². The minimum absolute atomic E-state index is 0.283. The minimum atomic E-state index is 0.283. The summed E-state index contributed by atoms with van der Waals surface area (Å²) >= 11 is 0. The predicted molar refractivity (Wildman–Crippen MR) is 58.2 cm³/mol. The van der Waals surface area contributed by atoms with Crippen molar-refractivity contribution in [2.75, 3.05) is 19.7 Å². The number of hydrogen-bond acceptors (Lipinski definition) is 2. The molecule has 0 aromatic rings. The molecule has 2 rings (SSSR count). The van der Waals surface area contributed by atoms with Crippen LogP contribution in [0.15, 0.2) is 0 Å². The minimum Gasteiger partial charge on any atom is -0.396 e. The first-order valence-electron chi connectivity index (χ1n) is 6.19. The Morgan fingerprint density at radius 3 is 2.50 bits per heavy atom. The molecule has 2 aliphatic rings. The zero-order valence-corrected chi connectivity index (χ0v) is 9.10. The van der Waals surface area contributed by atoms with Crippen LogP contribution in [-0.4, -0.2) is 24.8 Å². The van der Waals surface area contributed by atoms with Crippen LogP contribution in [0.4, 0.5) is 0 Å². The van der Waals surface area contributed by atoms with Crippen molar-refractivity contribution in [3.63, 3.8) is 0 Å². The van der Waals surface area contributed by atoms with Gasteiger partial charge in [-0.05, 0) is 50.1 Å². The van der Waals surface area contributed by atoms with Gasteiger partial charge < -0.3 is 10.4 Å². The molecular formula is C12H23NO. The highest BCUT2D eigenvalue weighted by molar-refractivity contribution is 4.91. The van der Waals surface area contributed by atoms with Gasteiger partial charge in [0.05, 0.1) is 0 Å². The molecule has 1 atom stereocenters. The molecule has 2 nitrogen and oxygen atoms in total. The van der Waals surface area contributed by atoms with E-state index in [1.165, 1.54) is 51.5 Å². The molecule has 1 aliphatic heterocycles. The lowest BCUT2D eigenvalue weighted by Crippen LogP contribution is -2.44. The molecule has 1 heterocycles. The van der Waals surface area contributed by atoms with Crippen LogP contribution in [0.1, 0.15) is 44.9 Å². The number of hydrogen-bond donors (Lipinski definition) is 2. The van der Waals surface area contributed by atoms with Crippen LogP contribution in [0.2, 0.25) is 0 Å². The summed E-state index contributed by atoms with van der Waals surface area (Å²) in [6.45, 7) is 2.73. The van der Waals surface area contributed by atoms with Crippen molar-refractivity contribution >= 4 is 0 Å². The maximum atomic E-state index is 9.67. The molecule has 0 aromatic carbocycles. The molecular weight excluding hydrogens is 174 g/mol. The average molecular weight is 197 g/mol. The SMILES string of the molecule is OCC1(C2CCCNC2)CCCCC1. The van der Waals surface area contributed by atoms with Crippen LogP contribution >= 0.6 is 0 Å². The van der Waals surface area contributed by atoms with E-state index in [4.69, 9.17) is 0 Å². The van der Waals surface area contributed by atoms with Crippen molar-refractivity contribution < 1.29 is 5.11 Å². The van der Waals surface area contributed by atoms with Gasteiger partial charge in [-0.1, -0.05) is 19.3 Å². The molecule has 1 saturated carbocycles. The van der Waals surface area contributed by atoms with E-state index < -0.39 is 0 Å². The average Bonchev–Trinajstić information content (AvgIpc) is 2.31. The normalized spacial score (nSPS) is 32.8. The van der Waals surface area contributed by atoms with Crippen molar-refractivity contribution in [2.24, 2.45) is 11.3 Å². The highest BCUT2D eigenvalue weighted by Crippen LogP contribution is 2.44. The molecule has 0 aromatic heterocycles. The van der Waals surface area contributed by atoms with Gasteiger partial charge in [0.15, 0.2) is 0 Å². The summed E-state index contributed by atoms with van der Waals surface area (Å²) in [5.74, 6) is 0.738. The number of aliphatic hydroxyl groups excluding tert-OH is 1. The van der Waals surface area contributed by atoms with E-state index in [2.05, 4.69) is 5.32 Å². The fourth-order valence-corrected chi connectivity index (χ4v) is 3.33. The molecule has 14 heavy (non-hydrogen) atoms. The summed E-state index contributed by atoms with van der Waals surface area (Å²) in [6.07, 6.45) is 9.18. The second-order valence-electron chi connectivity index (χ2n) is 5.12. The maximum absolute atomic E-state index is 9.67. The maximum Gasteiger partial charge on any atom is 0.0490 e. The Balaban J connectivity index is 2.01. The second-order valence-corrected chi connectivity index (χ2v) is 5.12. The lowest BCUT2D eigenvalue weighted by molar-refractivity contribution is 0.0124. The highest BCUT2D eigenvalue weighted by atomic mass is 16.3. The molecule has 0 spiro atoms. The lowest BCUT2D eigenvalue weighted by atomic mass is 9.64. The Labute approximate surface area is 87.1 Å². The Kier molecular flexibility index (Phi) is 3.45. The second kappa shape index (κ2) is 4.63. The quantitative estimate of drug-likeness (QED) is 0.709. The van der Waals surface area contributed by atoms with Crippen LogP contribution in [0, 0.1) is 11.3 Å². The van der Waals surface area contributed by atoms with Gasteiger partial charge in [0, 0.05) is 6.61 Å². The predicted octanol–water partition coefficient (Wildman–Crippen LogP) is 1.93. The molecule has 2 heteroatoms. The van der Waals surface area contributed by atoms with Crippen molar-refractivity contribution in [3.05, 3.63) is 0 Å². The molecule has 0 radical (unpaired) electrons. The Bertz CT molecular complexity index is 169. The van der Waals surface area contributed by atoms with Crippen molar-refractivity contribution in [1.82, 2.24) is 5.32 Å². The first-order chi connectivity index (χ1) is 6.87. The highest BCUT2D eigenvalue weighted by Gasteiger charge is 2.39. The molecule has 2 fully saturated rings. The van der Waals surface area contributed by atoms with Gasteiger partial charge in [-0.25, -0.2) is 0 Å². The third-order valence-corrected chi connectivity index (χ3v) is 4.33. The standard InChI is InChI=1S/C12H23NO/c14-10-12(6-2-1-3-7-12)11-5-4-8-13-9-11/h11,13-14H,1-10H2. The van der Waals surface area contributed by atoms with E-state index in [1.807, 2.05) is 0 Å². The molecule has 1 unspecified atom stereocenters. The third kappa shape index (κ3) is 1.96. The van der Waals surface area contributed by atoms with Crippen LogP contribution in [0.3, 0.4) is 0 Å². The van der Waals surface area contributed by atoms with E-state index in [0.29, 0.717) is 6.61 Å². The number of rotatable bonds is 2. The van der Waals surface area contributed by atoms with Gasteiger partial charge in [-0.15, -0.1) is 0 Å². The van der Waals surface area contributed by atoms with Gasteiger partial charge in [0.1, 0.15) is 0 Å². The third-order valence-electron chi connectivity index (χ3n) is 4.33. The summed E-state index contributed by atoms with van der Waals surface area (Å²) in [6, 6.07) is 0. The summed E-state index contributed by atoms with van der Waals surface area (Å²) in [7, 11) is 0. The van der Waals surface area contributed by atoms with Gasteiger partial charge in [0.2, 0.25) is 0 Å². The van der Waals surface area contributed by atoms with Gasteiger partial charge >= 0.3 is 0 Å². The van der Waals surface area contributed by atoms with E-state index in [1.54, 1.807) is 0 Å². The topological polar surface area (TPSA) is 32.3 Å². The Morgan fingerprint density at radius 1 is 1.14 bits per heavy atom. The Morgan fingerprint density at radius 2 is 1.93 bits per heavy atom. The lowest BCUT2D eigenvalue weighted by Gasteiger charge is -2.44. The first kappa shape index (κ1) is 10.4. The van der Waals surface area contributed by atoms with Crippen LogP contribution in [-0.2, 0) is 0 Å². The monoisotopic (exact) mass is 197 g/mol. The Hall–Kier alpha value is -0.0800. The van der Waals surface area contributed by atoms with Gasteiger partial charge in [-0.2, -0.15) is 0 Å².